The Hall–Kier alpha value is -2.15. The maximum absolute atomic E-state index is 13.2. The first-order valence-corrected chi connectivity index (χ1v) is 8.03. The summed E-state index contributed by atoms with van der Waals surface area (Å²) in [5, 5.41) is 2.62. The fourth-order valence-corrected chi connectivity index (χ4v) is 3.15. The lowest BCUT2D eigenvalue weighted by Gasteiger charge is -2.30. The molecular weight excluding hydrogens is 305 g/mol. The molecule has 22 heavy (non-hydrogen) atoms. The van der Waals surface area contributed by atoms with Crippen molar-refractivity contribution in [2.24, 2.45) is 0 Å². The highest BCUT2D eigenvalue weighted by molar-refractivity contribution is 7.11. The predicted octanol–water partition coefficient (Wildman–Crippen LogP) is 3.47. The first-order chi connectivity index (χ1) is 10.8. The van der Waals surface area contributed by atoms with Gasteiger partial charge in [0.25, 0.3) is 11.2 Å². The second kappa shape index (κ2) is 5.57. The monoisotopic (exact) mass is 319 g/mol. The van der Waals surface area contributed by atoms with Gasteiger partial charge in [-0.1, -0.05) is 11.3 Å². The minimum atomic E-state index is -0.314. The summed E-state index contributed by atoms with van der Waals surface area (Å²) in [5.74, 6) is -0.314. The van der Waals surface area contributed by atoms with Crippen molar-refractivity contribution >= 4 is 28.5 Å². The zero-order chi connectivity index (χ0) is 14.9. The van der Waals surface area contributed by atoms with E-state index in [1.165, 1.54) is 23.5 Å². The lowest BCUT2D eigenvalue weighted by Crippen LogP contribution is -2.38. The molecule has 1 fully saturated rings. The topological polar surface area (TPSA) is 51.4 Å². The maximum Gasteiger partial charge on any atom is 0.298 e. The number of hydrogen-bond acceptors (Lipinski definition) is 6. The van der Waals surface area contributed by atoms with Crippen molar-refractivity contribution < 1.29 is 13.5 Å². The van der Waals surface area contributed by atoms with Crippen molar-refractivity contribution in [2.45, 2.75) is 18.9 Å². The average molecular weight is 319 g/mol. The molecule has 1 aromatic carbocycles. The van der Waals surface area contributed by atoms with E-state index < -0.39 is 0 Å². The number of hydrogen-bond donors (Lipinski definition) is 0. The van der Waals surface area contributed by atoms with Crippen LogP contribution < -0.4 is 9.64 Å². The van der Waals surface area contributed by atoms with E-state index in [0.717, 1.165) is 31.1 Å². The zero-order valence-corrected chi connectivity index (χ0v) is 12.6. The number of rotatable bonds is 3. The Labute approximate surface area is 130 Å². The van der Waals surface area contributed by atoms with Crippen LogP contribution in [-0.4, -0.2) is 29.2 Å². The van der Waals surface area contributed by atoms with E-state index in [1.807, 2.05) is 5.38 Å². The zero-order valence-electron chi connectivity index (χ0n) is 11.7. The highest BCUT2D eigenvalue weighted by Gasteiger charge is 2.24. The third-order valence-electron chi connectivity index (χ3n) is 3.73. The van der Waals surface area contributed by atoms with Crippen molar-refractivity contribution in [2.75, 3.05) is 18.0 Å². The normalized spacial score (nSPS) is 16.3. The van der Waals surface area contributed by atoms with Gasteiger partial charge in [-0.15, -0.1) is 0 Å². The summed E-state index contributed by atoms with van der Waals surface area (Å²) in [7, 11) is 0. The van der Waals surface area contributed by atoms with E-state index in [9.17, 15) is 4.39 Å². The van der Waals surface area contributed by atoms with Crippen molar-refractivity contribution in [1.82, 2.24) is 9.97 Å². The second-order valence-electron chi connectivity index (χ2n) is 5.21. The molecule has 1 aliphatic heterocycles. The number of fused-ring (bicyclic) bond motifs is 1. The van der Waals surface area contributed by atoms with Crippen LogP contribution in [0.25, 0.3) is 11.1 Å². The number of halogens is 1. The summed E-state index contributed by atoms with van der Waals surface area (Å²) >= 11 is 1.50. The lowest BCUT2D eigenvalue weighted by atomic mass is 10.1. The van der Waals surface area contributed by atoms with Crippen molar-refractivity contribution in [3.8, 4) is 5.19 Å². The van der Waals surface area contributed by atoms with Crippen LogP contribution in [0.2, 0.25) is 0 Å². The molecular formula is C15H14FN3O2S. The highest BCUT2D eigenvalue weighted by atomic mass is 32.1. The van der Waals surface area contributed by atoms with Crippen LogP contribution in [0.4, 0.5) is 10.4 Å². The van der Waals surface area contributed by atoms with Crippen LogP contribution in [0.1, 0.15) is 12.8 Å². The van der Waals surface area contributed by atoms with Gasteiger partial charge in [-0.05, 0) is 12.1 Å². The first-order valence-electron chi connectivity index (χ1n) is 7.15. The van der Waals surface area contributed by atoms with Crippen molar-refractivity contribution in [3.63, 3.8) is 0 Å². The number of aromatic nitrogens is 2. The molecule has 1 saturated heterocycles. The summed E-state index contributed by atoms with van der Waals surface area (Å²) in [6.45, 7) is 1.59. The lowest BCUT2D eigenvalue weighted by molar-refractivity contribution is 0.168. The van der Waals surface area contributed by atoms with Crippen LogP contribution in [-0.2, 0) is 0 Å². The number of piperidine rings is 1. The van der Waals surface area contributed by atoms with E-state index in [0.29, 0.717) is 17.1 Å². The van der Waals surface area contributed by atoms with Gasteiger partial charge in [-0.25, -0.2) is 9.37 Å². The molecule has 0 saturated carbocycles. The molecule has 5 nitrogen and oxygen atoms in total. The van der Waals surface area contributed by atoms with Crippen LogP contribution in [0.15, 0.2) is 34.2 Å². The fraction of sp³-hybridized carbons (Fsp3) is 0.333. The van der Waals surface area contributed by atoms with Crippen molar-refractivity contribution in [3.05, 3.63) is 35.6 Å². The Morgan fingerprint density at radius 2 is 2.18 bits per heavy atom. The van der Waals surface area contributed by atoms with E-state index in [-0.39, 0.29) is 11.9 Å². The molecule has 3 aromatic rings. The Morgan fingerprint density at radius 3 is 2.95 bits per heavy atom. The summed E-state index contributed by atoms with van der Waals surface area (Å²) in [4.78, 5) is 10.6. The quantitative estimate of drug-likeness (QED) is 0.740. The van der Waals surface area contributed by atoms with Gasteiger partial charge in [-0.2, -0.15) is 4.98 Å². The molecule has 7 heteroatoms. The first kappa shape index (κ1) is 13.5. The summed E-state index contributed by atoms with van der Waals surface area (Å²) in [5.41, 5.74) is 1.16. The Kier molecular flexibility index (Phi) is 3.42. The standard InChI is InChI=1S/C15H14FN3O2S/c16-10-1-2-12-13(9-10)21-14(18-12)19-6-3-11(4-7-19)20-15-17-5-8-22-15/h1-2,5,8-9,11H,3-4,6-7H2. The van der Waals surface area contributed by atoms with Crippen LogP contribution >= 0.6 is 11.3 Å². The number of benzene rings is 1. The Bertz CT molecular complexity index is 766. The molecule has 0 amide bonds. The van der Waals surface area contributed by atoms with Gasteiger partial charge in [0.2, 0.25) is 0 Å². The fourth-order valence-electron chi connectivity index (χ4n) is 2.60. The minimum Gasteiger partial charge on any atom is -0.467 e. The van der Waals surface area contributed by atoms with Crippen LogP contribution in [0, 0.1) is 5.82 Å². The van der Waals surface area contributed by atoms with Crippen LogP contribution in [0.3, 0.4) is 0 Å². The molecule has 2 aromatic heterocycles. The third kappa shape index (κ3) is 2.64. The number of anilines is 1. The largest absolute Gasteiger partial charge is 0.467 e. The SMILES string of the molecule is Fc1ccc2nc(N3CCC(Oc4nccs4)CC3)oc2c1. The minimum absolute atomic E-state index is 0.171. The Balaban J connectivity index is 1.43. The number of thiazole rings is 1. The third-order valence-corrected chi connectivity index (χ3v) is 4.39. The summed E-state index contributed by atoms with van der Waals surface area (Å²) in [6.07, 6.45) is 3.68. The molecule has 114 valence electrons. The summed E-state index contributed by atoms with van der Waals surface area (Å²) < 4.78 is 24.7. The molecule has 1 aliphatic rings. The van der Waals surface area contributed by atoms with E-state index in [4.69, 9.17) is 9.15 Å². The number of oxazole rings is 1. The van der Waals surface area contributed by atoms with Gasteiger partial charge >= 0.3 is 0 Å². The highest BCUT2D eigenvalue weighted by Crippen LogP contribution is 2.27. The molecule has 4 rings (SSSR count). The molecule has 0 radical (unpaired) electrons. The molecule has 0 atom stereocenters. The molecule has 0 aliphatic carbocycles. The van der Waals surface area contributed by atoms with Gasteiger partial charge < -0.3 is 14.1 Å². The molecule has 3 heterocycles. The van der Waals surface area contributed by atoms with Gasteiger partial charge in [0, 0.05) is 43.6 Å². The molecule has 0 N–H and O–H groups in total. The van der Waals surface area contributed by atoms with Gasteiger partial charge in [-0.3, -0.25) is 0 Å². The number of ether oxygens (including phenoxy) is 1. The predicted molar refractivity (Wildman–Crippen MR) is 81.9 cm³/mol. The smallest absolute Gasteiger partial charge is 0.298 e. The van der Waals surface area contributed by atoms with Gasteiger partial charge in [0.15, 0.2) is 5.58 Å². The number of nitrogens with zero attached hydrogens (tertiary/aromatic N) is 3. The van der Waals surface area contributed by atoms with Gasteiger partial charge in [0.05, 0.1) is 0 Å². The van der Waals surface area contributed by atoms with E-state index >= 15 is 0 Å². The van der Waals surface area contributed by atoms with Crippen molar-refractivity contribution in [1.29, 1.82) is 0 Å². The molecule has 0 bridgehead atoms. The Morgan fingerprint density at radius 1 is 1.32 bits per heavy atom. The molecule has 0 spiro atoms. The van der Waals surface area contributed by atoms with E-state index in [1.54, 1.807) is 12.3 Å². The van der Waals surface area contributed by atoms with E-state index in [2.05, 4.69) is 14.9 Å². The van der Waals surface area contributed by atoms with Gasteiger partial charge in [0.1, 0.15) is 17.4 Å². The molecule has 0 unspecified atom stereocenters. The average Bonchev–Trinajstić information content (AvgIpc) is 3.17. The maximum atomic E-state index is 13.2. The van der Waals surface area contributed by atoms with Crippen LogP contribution in [0.5, 0.6) is 5.19 Å². The second-order valence-corrected chi connectivity index (χ2v) is 6.07. The summed E-state index contributed by atoms with van der Waals surface area (Å²) in [6, 6.07) is 4.94.